The number of nitrogens with zero attached hydrogens (tertiary/aromatic N) is 4. The van der Waals surface area contributed by atoms with Gasteiger partial charge in [-0.05, 0) is 65.7 Å². The summed E-state index contributed by atoms with van der Waals surface area (Å²) >= 11 is 6.80. The number of hydrogen-bond acceptors (Lipinski definition) is 6. The number of aromatic nitrogens is 6. The Morgan fingerprint density at radius 1 is 0.553 bits per heavy atom. The first kappa shape index (κ1) is 25.6. The van der Waals surface area contributed by atoms with Crippen molar-refractivity contribution >= 4 is 53.4 Å². The second-order valence-electron chi connectivity index (χ2n) is 8.44. The molecule has 0 aliphatic heterocycles. The summed E-state index contributed by atoms with van der Waals surface area (Å²) in [5.74, 6) is 0. The van der Waals surface area contributed by atoms with Gasteiger partial charge in [0.15, 0.2) is 0 Å². The number of hydrogen-bond donors (Lipinski definition) is 2. The molecule has 6 aromatic rings. The van der Waals surface area contributed by atoms with Gasteiger partial charge in [-0.1, -0.05) is 37.9 Å². The third-order valence-corrected chi connectivity index (χ3v) is 6.89. The average molecular weight is 632 g/mol. The van der Waals surface area contributed by atoms with Crippen molar-refractivity contribution in [3.05, 3.63) is 138 Å². The molecular formula is C28H20Br2N6O2. The lowest BCUT2D eigenvalue weighted by Crippen LogP contribution is -2.11. The van der Waals surface area contributed by atoms with Crippen LogP contribution in [0.5, 0.6) is 0 Å². The highest BCUT2D eigenvalue weighted by atomic mass is 79.9. The summed E-state index contributed by atoms with van der Waals surface area (Å²) in [7, 11) is 0. The number of rotatable bonds is 4. The largest absolute Gasteiger partial charge is 0.272 e. The predicted molar refractivity (Wildman–Crippen MR) is 154 cm³/mol. The first-order valence-electron chi connectivity index (χ1n) is 11.6. The lowest BCUT2D eigenvalue weighted by atomic mass is 10.1. The van der Waals surface area contributed by atoms with Crippen LogP contribution < -0.4 is 11.1 Å². The van der Waals surface area contributed by atoms with Crippen LogP contribution in [0.3, 0.4) is 0 Å². The molecule has 0 spiro atoms. The molecule has 8 nitrogen and oxygen atoms in total. The fraction of sp³-hybridized carbons (Fsp3) is 0.0714. The highest BCUT2D eigenvalue weighted by Crippen LogP contribution is 2.22. The van der Waals surface area contributed by atoms with Crippen LogP contribution in [0.4, 0.5) is 0 Å². The molecule has 2 N–H and O–H groups in total. The molecule has 0 fully saturated rings. The van der Waals surface area contributed by atoms with E-state index in [0.29, 0.717) is 23.6 Å². The summed E-state index contributed by atoms with van der Waals surface area (Å²) < 4.78 is 1.81. The molecule has 0 saturated carbocycles. The Hall–Kier alpha value is -4.02. The van der Waals surface area contributed by atoms with Crippen molar-refractivity contribution in [2.45, 2.75) is 12.8 Å². The number of pyridine rings is 2. The number of H-pyrrole nitrogens is 2. The monoisotopic (exact) mass is 630 g/mol. The Balaban J connectivity index is 0.000000155. The molecule has 0 amide bonds. The molecule has 188 valence electrons. The van der Waals surface area contributed by atoms with Crippen LogP contribution in [-0.2, 0) is 12.8 Å². The van der Waals surface area contributed by atoms with Gasteiger partial charge >= 0.3 is 0 Å². The Morgan fingerprint density at radius 3 is 1.55 bits per heavy atom. The minimum Gasteiger partial charge on any atom is -0.267 e. The molecule has 4 heterocycles. The van der Waals surface area contributed by atoms with Crippen LogP contribution >= 0.6 is 31.9 Å². The molecule has 0 radical (unpaired) electrons. The van der Waals surface area contributed by atoms with Crippen molar-refractivity contribution < 1.29 is 0 Å². The van der Waals surface area contributed by atoms with Crippen molar-refractivity contribution in [3.63, 3.8) is 0 Å². The maximum atomic E-state index is 11.8. The highest BCUT2D eigenvalue weighted by Gasteiger charge is 2.09. The molecule has 0 aliphatic rings. The SMILES string of the molecule is O=c1[nH]nc(Cc2ccncc2)c2cc(Br)ccc12.O=c1[nH]nc(Cc2ccncc2)c2ccc(Br)cc12. The Labute approximate surface area is 233 Å². The molecular weight excluding hydrogens is 612 g/mol. The molecule has 0 saturated heterocycles. The van der Waals surface area contributed by atoms with Gasteiger partial charge in [-0.15, -0.1) is 0 Å². The van der Waals surface area contributed by atoms with E-state index in [1.165, 1.54) is 0 Å². The second kappa shape index (κ2) is 11.6. The maximum absolute atomic E-state index is 11.8. The number of halogens is 2. The fourth-order valence-electron chi connectivity index (χ4n) is 4.04. The van der Waals surface area contributed by atoms with E-state index < -0.39 is 0 Å². The number of nitrogens with one attached hydrogen (secondary N) is 2. The van der Waals surface area contributed by atoms with Gasteiger partial charge in [-0.2, -0.15) is 10.2 Å². The third-order valence-electron chi connectivity index (χ3n) is 5.90. The molecule has 0 atom stereocenters. The highest BCUT2D eigenvalue weighted by molar-refractivity contribution is 9.10. The summed E-state index contributed by atoms with van der Waals surface area (Å²) in [4.78, 5) is 31.5. The molecule has 0 bridgehead atoms. The number of benzene rings is 2. The zero-order chi connectivity index (χ0) is 26.5. The van der Waals surface area contributed by atoms with Gasteiger partial charge in [0.2, 0.25) is 0 Å². The van der Waals surface area contributed by atoms with E-state index in [4.69, 9.17) is 0 Å². The smallest absolute Gasteiger partial charge is 0.267 e. The van der Waals surface area contributed by atoms with Gasteiger partial charge in [0, 0.05) is 57.3 Å². The quantitative estimate of drug-likeness (QED) is 0.271. The molecule has 2 aromatic carbocycles. The van der Waals surface area contributed by atoms with E-state index in [-0.39, 0.29) is 11.1 Å². The molecule has 38 heavy (non-hydrogen) atoms. The summed E-state index contributed by atoms with van der Waals surface area (Å²) in [6, 6.07) is 19.0. The van der Waals surface area contributed by atoms with Crippen LogP contribution in [0.2, 0.25) is 0 Å². The first-order chi connectivity index (χ1) is 18.5. The molecule has 0 aliphatic carbocycles. The van der Waals surface area contributed by atoms with Gasteiger partial charge in [0.1, 0.15) is 0 Å². The Morgan fingerprint density at radius 2 is 1.00 bits per heavy atom. The Kier molecular flexibility index (Phi) is 7.81. The summed E-state index contributed by atoms with van der Waals surface area (Å²) in [5.41, 5.74) is 3.58. The summed E-state index contributed by atoms with van der Waals surface area (Å²) in [6.07, 6.45) is 8.32. The van der Waals surface area contributed by atoms with Gasteiger partial charge in [-0.3, -0.25) is 19.6 Å². The van der Waals surface area contributed by atoms with Crippen molar-refractivity contribution in [3.8, 4) is 0 Å². The standard InChI is InChI=1S/2C14H10BrN3O/c15-10-1-2-11-12(8-10)13(17-18-14(11)19)7-9-3-5-16-6-4-9;15-10-1-2-11-12(8-10)14(19)18-17-13(11)7-9-3-5-16-6-4-9/h2*1-6,8H,7H2,(H,18,19). The topological polar surface area (TPSA) is 117 Å². The van der Waals surface area contributed by atoms with E-state index >= 15 is 0 Å². The van der Waals surface area contributed by atoms with Crippen molar-refractivity contribution in [1.82, 2.24) is 30.4 Å². The van der Waals surface area contributed by atoms with Gasteiger partial charge in [-0.25, -0.2) is 10.2 Å². The lowest BCUT2D eigenvalue weighted by Gasteiger charge is -2.05. The maximum Gasteiger partial charge on any atom is 0.272 e. The van der Waals surface area contributed by atoms with Crippen LogP contribution in [0.25, 0.3) is 21.5 Å². The van der Waals surface area contributed by atoms with Crippen molar-refractivity contribution in [2.24, 2.45) is 0 Å². The van der Waals surface area contributed by atoms with E-state index in [9.17, 15) is 9.59 Å². The van der Waals surface area contributed by atoms with E-state index in [1.54, 1.807) is 30.9 Å². The van der Waals surface area contributed by atoms with Crippen molar-refractivity contribution in [2.75, 3.05) is 0 Å². The fourth-order valence-corrected chi connectivity index (χ4v) is 4.77. The third kappa shape index (κ3) is 5.92. The van der Waals surface area contributed by atoms with Gasteiger partial charge in [0.25, 0.3) is 11.1 Å². The van der Waals surface area contributed by atoms with E-state index in [0.717, 1.165) is 42.2 Å². The number of fused-ring (bicyclic) bond motifs is 2. The lowest BCUT2D eigenvalue weighted by molar-refractivity contribution is 0.932. The summed E-state index contributed by atoms with van der Waals surface area (Å²) in [5, 5.41) is 16.5. The van der Waals surface area contributed by atoms with Crippen LogP contribution in [-0.4, -0.2) is 30.4 Å². The summed E-state index contributed by atoms with van der Waals surface area (Å²) in [6.45, 7) is 0. The Bertz CT molecular complexity index is 1840. The number of aromatic amines is 2. The van der Waals surface area contributed by atoms with Crippen LogP contribution in [0, 0.1) is 0 Å². The molecule has 6 rings (SSSR count). The van der Waals surface area contributed by atoms with Crippen molar-refractivity contribution in [1.29, 1.82) is 0 Å². The average Bonchev–Trinajstić information content (AvgIpc) is 2.93. The zero-order valence-electron chi connectivity index (χ0n) is 19.9. The molecule has 4 aromatic heterocycles. The molecule has 10 heteroatoms. The zero-order valence-corrected chi connectivity index (χ0v) is 23.0. The van der Waals surface area contributed by atoms with Gasteiger partial charge < -0.3 is 0 Å². The van der Waals surface area contributed by atoms with Crippen LogP contribution in [0.1, 0.15) is 22.5 Å². The van der Waals surface area contributed by atoms with Crippen LogP contribution in [0.15, 0.2) is 104 Å². The minimum atomic E-state index is -0.172. The predicted octanol–water partition coefficient (Wildman–Crippen LogP) is 5.34. The van der Waals surface area contributed by atoms with E-state index in [1.807, 2.05) is 54.6 Å². The molecule has 0 unspecified atom stereocenters. The van der Waals surface area contributed by atoms with E-state index in [2.05, 4.69) is 62.2 Å². The second-order valence-corrected chi connectivity index (χ2v) is 10.3. The first-order valence-corrected chi connectivity index (χ1v) is 13.2. The normalized spacial score (nSPS) is 10.8. The van der Waals surface area contributed by atoms with Gasteiger partial charge in [0.05, 0.1) is 22.2 Å². The minimum absolute atomic E-state index is 0.166.